The van der Waals surface area contributed by atoms with Crippen LogP contribution in [0.25, 0.3) is 0 Å². The van der Waals surface area contributed by atoms with Crippen molar-refractivity contribution < 1.29 is 28.4 Å². The highest BCUT2D eigenvalue weighted by Crippen LogP contribution is 2.27. The van der Waals surface area contributed by atoms with Crippen LogP contribution in [-0.2, 0) is 28.4 Å². The molecule has 0 aliphatic carbocycles. The fourth-order valence-corrected chi connectivity index (χ4v) is 1.89. The van der Waals surface area contributed by atoms with Crippen LogP contribution in [0.4, 0.5) is 0 Å². The number of hydrogen-bond acceptors (Lipinski definition) is 6. The zero-order valence-corrected chi connectivity index (χ0v) is 13.3. The molecule has 2 fully saturated rings. The van der Waals surface area contributed by atoms with Gasteiger partial charge in [-0.1, -0.05) is 0 Å². The summed E-state index contributed by atoms with van der Waals surface area (Å²) in [6.45, 7) is 11.3. The van der Waals surface area contributed by atoms with Gasteiger partial charge in [0, 0.05) is 0 Å². The highest BCUT2D eigenvalue weighted by Gasteiger charge is 2.40. The van der Waals surface area contributed by atoms with E-state index < -0.39 is 0 Å². The fraction of sp³-hybridized carbons (Fsp3) is 1.00. The third kappa shape index (κ3) is 7.54. The summed E-state index contributed by atoms with van der Waals surface area (Å²) in [5, 5.41) is 0. The number of hydrogen-bond donors (Lipinski definition) is 0. The Morgan fingerprint density at radius 2 is 1.76 bits per heavy atom. The van der Waals surface area contributed by atoms with E-state index in [0.717, 1.165) is 13.2 Å². The van der Waals surface area contributed by atoms with Crippen LogP contribution in [0.1, 0.15) is 20.8 Å². The van der Waals surface area contributed by atoms with Gasteiger partial charge in [-0.15, -0.1) is 0 Å². The number of epoxide rings is 2. The van der Waals surface area contributed by atoms with E-state index in [4.69, 9.17) is 28.4 Å². The first-order valence-corrected chi connectivity index (χ1v) is 7.72. The van der Waals surface area contributed by atoms with Gasteiger partial charge in [0.15, 0.2) is 0 Å². The van der Waals surface area contributed by atoms with Crippen LogP contribution in [0.2, 0.25) is 0 Å². The second-order valence-electron chi connectivity index (χ2n) is 6.06. The smallest absolute Gasteiger partial charge is 0.109 e. The molecule has 0 unspecified atom stereocenters. The maximum atomic E-state index is 5.77. The van der Waals surface area contributed by atoms with Crippen molar-refractivity contribution in [1.82, 2.24) is 0 Å². The SMILES string of the molecule is C[C@H](COCCOC[C@@H]1CO1)OCCOC(C)(C)[C@@H]1CO1. The second kappa shape index (κ2) is 8.41. The summed E-state index contributed by atoms with van der Waals surface area (Å²) in [4.78, 5) is 0. The van der Waals surface area contributed by atoms with E-state index in [1.165, 1.54) is 0 Å². The lowest BCUT2D eigenvalue weighted by Crippen LogP contribution is -2.33. The lowest BCUT2D eigenvalue weighted by atomic mass is 10.1. The summed E-state index contributed by atoms with van der Waals surface area (Å²) < 4.78 is 32.6. The van der Waals surface area contributed by atoms with Gasteiger partial charge in [0.05, 0.1) is 64.6 Å². The number of ether oxygens (including phenoxy) is 6. The molecule has 2 rings (SSSR count). The molecule has 124 valence electrons. The van der Waals surface area contributed by atoms with Crippen molar-refractivity contribution in [3.05, 3.63) is 0 Å². The molecule has 2 saturated heterocycles. The fourth-order valence-electron chi connectivity index (χ4n) is 1.89. The maximum Gasteiger partial charge on any atom is 0.109 e. The van der Waals surface area contributed by atoms with Crippen molar-refractivity contribution in [1.29, 1.82) is 0 Å². The van der Waals surface area contributed by atoms with E-state index in [-0.39, 0.29) is 17.8 Å². The molecule has 0 spiro atoms. The molecule has 21 heavy (non-hydrogen) atoms. The van der Waals surface area contributed by atoms with Gasteiger partial charge in [0.25, 0.3) is 0 Å². The van der Waals surface area contributed by atoms with Gasteiger partial charge in [-0.3, -0.25) is 0 Å². The molecular weight excluding hydrogens is 276 g/mol. The van der Waals surface area contributed by atoms with Gasteiger partial charge in [0.1, 0.15) is 12.2 Å². The summed E-state index contributed by atoms with van der Waals surface area (Å²) in [7, 11) is 0. The minimum atomic E-state index is -0.217. The van der Waals surface area contributed by atoms with Gasteiger partial charge in [-0.05, 0) is 20.8 Å². The van der Waals surface area contributed by atoms with E-state index in [1.54, 1.807) is 0 Å². The average Bonchev–Trinajstić information content (AvgIpc) is 3.28. The molecular formula is C15H28O6. The van der Waals surface area contributed by atoms with Crippen molar-refractivity contribution in [2.24, 2.45) is 0 Å². The summed E-state index contributed by atoms with van der Waals surface area (Å²) in [5.41, 5.74) is -0.217. The van der Waals surface area contributed by atoms with Crippen LogP contribution in [0.5, 0.6) is 0 Å². The Balaban J connectivity index is 1.36. The Kier molecular flexibility index (Phi) is 6.85. The summed E-state index contributed by atoms with van der Waals surface area (Å²) in [6, 6.07) is 0. The lowest BCUT2D eigenvalue weighted by molar-refractivity contribution is -0.0817. The van der Waals surface area contributed by atoms with Crippen LogP contribution in [-0.4, -0.2) is 76.8 Å². The standard InChI is InChI=1S/C15H28O6/c1-12(8-16-4-5-17-9-13-10-19-13)18-6-7-21-15(2,3)14-11-20-14/h12-14H,4-11H2,1-3H3/t12-,13-,14+/m1/s1. The minimum absolute atomic E-state index is 0.0562. The Labute approximate surface area is 127 Å². The van der Waals surface area contributed by atoms with Gasteiger partial charge in [0.2, 0.25) is 0 Å². The molecule has 0 amide bonds. The monoisotopic (exact) mass is 304 g/mol. The van der Waals surface area contributed by atoms with E-state index in [1.807, 2.05) is 20.8 Å². The molecule has 0 bridgehead atoms. The van der Waals surface area contributed by atoms with Crippen LogP contribution >= 0.6 is 0 Å². The van der Waals surface area contributed by atoms with Gasteiger partial charge in [-0.2, -0.15) is 0 Å². The topological polar surface area (TPSA) is 62.0 Å². The predicted molar refractivity (Wildman–Crippen MR) is 76.6 cm³/mol. The van der Waals surface area contributed by atoms with Gasteiger partial charge < -0.3 is 28.4 Å². The molecule has 0 N–H and O–H groups in total. The maximum absolute atomic E-state index is 5.77. The predicted octanol–water partition coefficient (Wildman–Crippen LogP) is 1.02. The summed E-state index contributed by atoms with van der Waals surface area (Å²) in [5.74, 6) is 0. The van der Waals surface area contributed by atoms with Crippen LogP contribution in [0.15, 0.2) is 0 Å². The highest BCUT2D eigenvalue weighted by atomic mass is 16.6. The molecule has 2 aliphatic rings. The van der Waals surface area contributed by atoms with Crippen LogP contribution in [0.3, 0.4) is 0 Å². The van der Waals surface area contributed by atoms with Crippen molar-refractivity contribution in [2.45, 2.75) is 44.7 Å². The van der Waals surface area contributed by atoms with E-state index in [0.29, 0.717) is 45.7 Å². The van der Waals surface area contributed by atoms with Crippen molar-refractivity contribution in [3.8, 4) is 0 Å². The van der Waals surface area contributed by atoms with E-state index >= 15 is 0 Å². The Bertz CT molecular complexity index is 288. The normalized spacial score (nSPS) is 25.9. The first-order chi connectivity index (χ1) is 10.1. The molecule has 0 aromatic heterocycles. The number of rotatable bonds is 13. The summed E-state index contributed by atoms with van der Waals surface area (Å²) >= 11 is 0. The molecule has 2 heterocycles. The Hall–Kier alpha value is -0.240. The van der Waals surface area contributed by atoms with E-state index in [2.05, 4.69) is 0 Å². The Morgan fingerprint density at radius 1 is 1.05 bits per heavy atom. The van der Waals surface area contributed by atoms with Crippen molar-refractivity contribution in [2.75, 3.05) is 52.9 Å². The second-order valence-corrected chi connectivity index (χ2v) is 6.06. The molecule has 3 atom stereocenters. The molecule has 0 aromatic carbocycles. The molecule has 0 radical (unpaired) electrons. The third-order valence-corrected chi connectivity index (χ3v) is 3.50. The molecule has 0 aromatic rings. The molecule has 6 nitrogen and oxygen atoms in total. The minimum Gasteiger partial charge on any atom is -0.376 e. The van der Waals surface area contributed by atoms with E-state index in [9.17, 15) is 0 Å². The average molecular weight is 304 g/mol. The largest absolute Gasteiger partial charge is 0.376 e. The van der Waals surface area contributed by atoms with Gasteiger partial charge in [-0.25, -0.2) is 0 Å². The molecule has 6 heteroatoms. The summed E-state index contributed by atoms with van der Waals surface area (Å²) in [6.07, 6.45) is 0.609. The molecule has 2 aliphatic heterocycles. The Morgan fingerprint density at radius 3 is 2.43 bits per heavy atom. The van der Waals surface area contributed by atoms with Crippen LogP contribution < -0.4 is 0 Å². The first kappa shape index (κ1) is 17.1. The zero-order valence-electron chi connectivity index (χ0n) is 13.3. The van der Waals surface area contributed by atoms with Crippen LogP contribution in [0, 0.1) is 0 Å². The highest BCUT2D eigenvalue weighted by molar-refractivity contribution is 4.88. The first-order valence-electron chi connectivity index (χ1n) is 7.72. The quantitative estimate of drug-likeness (QED) is 0.374. The van der Waals surface area contributed by atoms with Crippen molar-refractivity contribution in [3.63, 3.8) is 0 Å². The molecule has 0 saturated carbocycles. The third-order valence-electron chi connectivity index (χ3n) is 3.50. The zero-order chi connectivity index (χ0) is 15.1. The van der Waals surface area contributed by atoms with Gasteiger partial charge >= 0.3 is 0 Å². The lowest BCUT2D eigenvalue weighted by Gasteiger charge is -2.23. The van der Waals surface area contributed by atoms with Crippen molar-refractivity contribution >= 4 is 0 Å².